The first kappa shape index (κ1) is 5.83. The minimum Gasteiger partial charge on any atom is -0.299 e. The molecule has 0 aromatic carbocycles. The number of hydrogen-bond donors (Lipinski definition) is 0. The van der Waals surface area contributed by atoms with Crippen LogP contribution in [0.4, 0.5) is 0 Å². The first-order valence-corrected chi connectivity index (χ1v) is 3.51. The molecule has 0 aromatic heterocycles. The average Bonchev–Trinajstić information content (AvgIpc) is 2.28. The topological polar surface area (TPSA) is 34.1 Å². The molecule has 0 aliphatic heterocycles. The second-order valence-corrected chi connectivity index (χ2v) is 2.94. The van der Waals surface area contributed by atoms with Crippen molar-refractivity contribution in [1.29, 1.82) is 0 Å². The quantitative estimate of drug-likeness (QED) is 0.363. The molecule has 0 aromatic rings. The Hall–Kier alpha value is -0.920. The lowest BCUT2D eigenvalue weighted by molar-refractivity contribution is -0.132. The van der Waals surface area contributed by atoms with Crippen LogP contribution in [0.1, 0.15) is 12.8 Å². The summed E-state index contributed by atoms with van der Waals surface area (Å²) in [4.78, 5) is 22.0. The molecule has 0 N–H and O–H groups in total. The van der Waals surface area contributed by atoms with Gasteiger partial charge in [0.1, 0.15) is 11.6 Å². The van der Waals surface area contributed by atoms with Crippen molar-refractivity contribution < 1.29 is 9.59 Å². The van der Waals surface area contributed by atoms with Crippen molar-refractivity contribution in [2.24, 2.45) is 11.8 Å². The minimum absolute atomic E-state index is 0.0719. The van der Waals surface area contributed by atoms with Crippen LogP contribution in [0.15, 0.2) is 12.2 Å². The zero-order chi connectivity index (χ0) is 7.14. The molecule has 52 valence electrons. The number of rotatable bonds is 0. The van der Waals surface area contributed by atoms with Gasteiger partial charge in [0.05, 0.1) is 6.42 Å². The van der Waals surface area contributed by atoms with Gasteiger partial charge in [0.25, 0.3) is 0 Å². The second kappa shape index (κ2) is 1.78. The van der Waals surface area contributed by atoms with Crippen LogP contribution >= 0.6 is 0 Å². The molecule has 1 fully saturated rings. The molecular weight excluding hydrogens is 128 g/mol. The number of fused-ring (bicyclic) bond motifs is 2. The summed E-state index contributed by atoms with van der Waals surface area (Å²) in [5, 5.41) is 0. The molecule has 0 radical (unpaired) electrons. The number of Topliss-reactive ketones (excluding diaryl/α,β-unsaturated/α-hetero) is 2. The molecular formula is C8H8O2. The fourth-order valence-corrected chi connectivity index (χ4v) is 1.61. The van der Waals surface area contributed by atoms with Gasteiger partial charge in [-0.1, -0.05) is 12.2 Å². The van der Waals surface area contributed by atoms with E-state index in [-0.39, 0.29) is 29.8 Å². The second-order valence-electron chi connectivity index (χ2n) is 2.94. The molecule has 2 heteroatoms. The van der Waals surface area contributed by atoms with Crippen LogP contribution in [-0.4, -0.2) is 11.6 Å². The standard InChI is InChI=1S/C8H8O2/c9-7-4-8(10)6-2-1-5(7)3-6/h1-2,5-6H,3-4H2. The lowest BCUT2D eigenvalue weighted by Crippen LogP contribution is -2.26. The lowest BCUT2D eigenvalue weighted by atomic mass is 9.86. The van der Waals surface area contributed by atoms with E-state index in [1.807, 2.05) is 12.2 Å². The molecule has 10 heavy (non-hydrogen) atoms. The van der Waals surface area contributed by atoms with E-state index in [0.29, 0.717) is 0 Å². The molecule has 2 rings (SSSR count). The summed E-state index contributed by atoms with van der Waals surface area (Å²) < 4.78 is 0. The first-order chi connectivity index (χ1) is 4.77. The van der Waals surface area contributed by atoms with Crippen molar-refractivity contribution in [1.82, 2.24) is 0 Å². The van der Waals surface area contributed by atoms with Crippen LogP contribution in [0.2, 0.25) is 0 Å². The van der Waals surface area contributed by atoms with Crippen molar-refractivity contribution in [3.63, 3.8) is 0 Å². The van der Waals surface area contributed by atoms with E-state index in [0.717, 1.165) is 6.42 Å². The minimum atomic E-state index is 0.0719. The van der Waals surface area contributed by atoms with Gasteiger partial charge in [-0.05, 0) is 6.42 Å². The summed E-state index contributed by atoms with van der Waals surface area (Å²) in [5.74, 6) is 0.357. The Labute approximate surface area is 58.9 Å². The predicted molar refractivity (Wildman–Crippen MR) is 35.4 cm³/mol. The van der Waals surface area contributed by atoms with E-state index in [4.69, 9.17) is 0 Å². The van der Waals surface area contributed by atoms with Crippen LogP contribution in [0, 0.1) is 11.8 Å². The van der Waals surface area contributed by atoms with E-state index >= 15 is 0 Å². The largest absolute Gasteiger partial charge is 0.299 e. The fraction of sp³-hybridized carbons (Fsp3) is 0.500. The zero-order valence-corrected chi connectivity index (χ0v) is 5.54. The van der Waals surface area contributed by atoms with E-state index < -0.39 is 0 Å². The summed E-state index contributed by atoms with van der Waals surface area (Å²) in [6.45, 7) is 0. The molecule has 2 unspecified atom stereocenters. The van der Waals surface area contributed by atoms with Crippen molar-refractivity contribution in [3.05, 3.63) is 12.2 Å². The van der Waals surface area contributed by atoms with Crippen LogP contribution in [0.5, 0.6) is 0 Å². The monoisotopic (exact) mass is 136 g/mol. The number of carbonyl (C=O) groups is 2. The first-order valence-electron chi connectivity index (χ1n) is 3.51. The van der Waals surface area contributed by atoms with E-state index in [2.05, 4.69) is 0 Å². The summed E-state index contributed by atoms with van der Waals surface area (Å²) in [6, 6.07) is 0. The van der Waals surface area contributed by atoms with Crippen molar-refractivity contribution in [2.75, 3.05) is 0 Å². The molecule has 2 atom stereocenters. The summed E-state index contributed by atoms with van der Waals surface area (Å²) in [7, 11) is 0. The fourth-order valence-electron chi connectivity index (χ4n) is 1.61. The predicted octanol–water partition coefficient (Wildman–Crippen LogP) is 0.721. The van der Waals surface area contributed by atoms with E-state index in [1.54, 1.807) is 0 Å². The van der Waals surface area contributed by atoms with Gasteiger partial charge < -0.3 is 0 Å². The third-order valence-electron chi connectivity index (χ3n) is 2.26. The third-order valence-corrected chi connectivity index (χ3v) is 2.26. The molecule has 1 saturated carbocycles. The van der Waals surface area contributed by atoms with E-state index in [9.17, 15) is 9.59 Å². The van der Waals surface area contributed by atoms with Gasteiger partial charge in [0.2, 0.25) is 0 Å². The summed E-state index contributed by atoms with van der Waals surface area (Å²) in [6.07, 6.45) is 4.66. The molecule has 2 bridgehead atoms. The van der Waals surface area contributed by atoms with Crippen LogP contribution in [0.3, 0.4) is 0 Å². The third kappa shape index (κ3) is 0.649. The highest BCUT2D eigenvalue weighted by atomic mass is 16.2. The van der Waals surface area contributed by atoms with Crippen molar-refractivity contribution in [2.45, 2.75) is 12.8 Å². The van der Waals surface area contributed by atoms with Crippen LogP contribution in [0.25, 0.3) is 0 Å². The highest BCUT2D eigenvalue weighted by molar-refractivity contribution is 6.06. The highest BCUT2D eigenvalue weighted by Crippen LogP contribution is 2.31. The molecule has 2 nitrogen and oxygen atoms in total. The Kier molecular flexibility index (Phi) is 1.04. The van der Waals surface area contributed by atoms with Gasteiger partial charge in [-0.2, -0.15) is 0 Å². The van der Waals surface area contributed by atoms with Gasteiger partial charge >= 0.3 is 0 Å². The van der Waals surface area contributed by atoms with Gasteiger partial charge in [-0.25, -0.2) is 0 Å². The number of allylic oxidation sites excluding steroid dienone is 2. The van der Waals surface area contributed by atoms with Crippen molar-refractivity contribution in [3.8, 4) is 0 Å². The van der Waals surface area contributed by atoms with Gasteiger partial charge in [0.15, 0.2) is 0 Å². The van der Waals surface area contributed by atoms with Crippen LogP contribution < -0.4 is 0 Å². The Morgan fingerprint density at radius 1 is 1.10 bits per heavy atom. The maximum atomic E-state index is 11.0. The maximum Gasteiger partial charge on any atom is 0.147 e. The van der Waals surface area contributed by atoms with Crippen molar-refractivity contribution >= 4 is 11.6 Å². The zero-order valence-electron chi connectivity index (χ0n) is 5.54. The average molecular weight is 136 g/mol. The smallest absolute Gasteiger partial charge is 0.147 e. The summed E-state index contributed by atoms with van der Waals surface area (Å²) >= 11 is 0. The van der Waals surface area contributed by atoms with Gasteiger partial charge in [-0.3, -0.25) is 9.59 Å². The lowest BCUT2D eigenvalue weighted by Gasteiger charge is -2.15. The Morgan fingerprint density at radius 3 is 2.10 bits per heavy atom. The molecule has 2 aliphatic carbocycles. The number of hydrogen-bond acceptors (Lipinski definition) is 2. The SMILES string of the molecule is O=C1CC(=O)C2C=CC1C2. The Balaban J connectivity index is 2.32. The molecule has 0 heterocycles. The number of carbonyl (C=O) groups excluding carboxylic acids is 2. The molecule has 0 spiro atoms. The maximum absolute atomic E-state index is 11.0. The summed E-state index contributed by atoms with van der Waals surface area (Å²) in [5.41, 5.74) is 0. The molecule has 0 saturated heterocycles. The van der Waals surface area contributed by atoms with Crippen LogP contribution in [-0.2, 0) is 9.59 Å². The molecule has 0 amide bonds. The van der Waals surface area contributed by atoms with Gasteiger partial charge in [-0.15, -0.1) is 0 Å². The van der Waals surface area contributed by atoms with Gasteiger partial charge in [0, 0.05) is 11.8 Å². The Morgan fingerprint density at radius 2 is 1.60 bits per heavy atom. The number of ketones is 2. The molecule has 2 aliphatic rings. The highest BCUT2D eigenvalue weighted by Gasteiger charge is 2.35. The normalized spacial score (nSPS) is 37.2. The Bertz CT molecular complexity index is 205. The van der Waals surface area contributed by atoms with E-state index in [1.165, 1.54) is 0 Å².